The highest BCUT2D eigenvalue weighted by atomic mass is 35.5. The number of anilines is 2. The number of para-hydroxylation sites is 2. The highest BCUT2D eigenvalue weighted by molar-refractivity contribution is 6.46. The predicted octanol–water partition coefficient (Wildman–Crippen LogP) is 5.33. The highest BCUT2D eigenvalue weighted by Gasteiger charge is 2.43. The molecule has 4 amide bonds. The molecule has 0 aliphatic carbocycles. The molecule has 8 heteroatoms. The number of imide groups is 2. The second kappa shape index (κ2) is 10.8. The number of barbiturate groups is 1. The zero-order chi connectivity index (χ0) is 25.7. The quantitative estimate of drug-likeness (QED) is 0.249. The fraction of sp³-hybridized carbons (Fsp3) is 0.107. The van der Waals surface area contributed by atoms with Crippen molar-refractivity contribution in [2.75, 3.05) is 23.0 Å². The molecule has 0 atom stereocenters. The molecule has 180 valence electrons. The van der Waals surface area contributed by atoms with Crippen LogP contribution >= 0.6 is 11.6 Å². The monoisotopic (exact) mass is 500 g/mol. The van der Waals surface area contributed by atoms with Gasteiger partial charge in [0.1, 0.15) is 12.2 Å². The van der Waals surface area contributed by atoms with E-state index in [2.05, 4.69) is 5.92 Å². The molecule has 0 spiro atoms. The molecule has 4 rings (SSSR count). The second-order valence-electron chi connectivity index (χ2n) is 7.55. The van der Waals surface area contributed by atoms with E-state index in [4.69, 9.17) is 27.5 Å². The number of carbonyl (C=O) groups is 3. The van der Waals surface area contributed by atoms with Gasteiger partial charge in [0.2, 0.25) is 0 Å². The van der Waals surface area contributed by atoms with Crippen LogP contribution in [0.2, 0.25) is 5.02 Å². The van der Waals surface area contributed by atoms with Crippen LogP contribution in [-0.4, -0.2) is 31.1 Å². The number of terminal acetylenes is 1. The topological polar surface area (TPSA) is 76.2 Å². The third-order valence-corrected chi connectivity index (χ3v) is 5.50. The lowest BCUT2D eigenvalue weighted by Crippen LogP contribution is -2.57. The summed E-state index contributed by atoms with van der Waals surface area (Å²) in [6.07, 6.45) is 6.66. The van der Waals surface area contributed by atoms with Crippen molar-refractivity contribution >= 4 is 46.9 Å². The molecule has 36 heavy (non-hydrogen) atoms. The third-order valence-electron chi connectivity index (χ3n) is 5.22. The number of nitrogens with zero attached hydrogens (tertiary/aromatic N) is 2. The maximum atomic E-state index is 13.5. The lowest BCUT2D eigenvalue weighted by atomic mass is 10.0. The van der Waals surface area contributed by atoms with Crippen LogP contribution in [0.4, 0.5) is 16.2 Å². The van der Waals surface area contributed by atoms with Gasteiger partial charge in [0.05, 0.1) is 23.0 Å². The van der Waals surface area contributed by atoms with E-state index in [-0.39, 0.29) is 23.0 Å². The first-order valence-corrected chi connectivity index (χ1v) is 11.4. The van der Waals surface area contributed by atoms with E-state index in [0.29, 0.717) is 29.3 Å². The van der Waals surface area contributed by atoms with Crippen LogP contribution < -0.4 is 19.3 Å². The molecule has 0 aromatic heterocycles. The third kappa shape index (κ3) is 4.81. The summed E-state index contributed by atoms with van der Waals surface area (Å²) in [5.41, 5.74) is 0.845. The molecule has 7 nitrogen and oxygen atoms in total. The van der Waals surface area contributed by atoms with Gasteiger partial charge in [-0.25, -0.2) is 14.6 Å². The van der Waals surface area contributed by atoms with E-state index >= 15 is 0 Å². The van der Waals surface area contributed by atoms with Crippen LogP contribution in [0.3, 0.4) is 0 Å². The van der Waals surface area contributed by atoms with Gasteiger partial charge in [-0.3, -0.25) is 9.59 Å². The SMILES string of the molecule is C#CCOc1c(Cl)cc(C=C2C(=O)N(c3ccccc3)C(=O)N(c3ccccc3)C2=O)cc1OCC. The lowest BCUT2D eigenvalue weighted by molar-refractivity contribution is -0.121. The van der Waals surface area contributed by atoms with E-state index in [1.165, 1.54) is 12.1 Å². The van der Waals surface area contributed by atoms with Gasteiger partial charge >= 0.3 is 6.03 Å². The number of carbonyl (C=O) groups excluding carboxylic acids is 3. The van der Waals surface area contributed by atoms with E-state index in [1.54, 1.807) is 73.7 Å². The average molecular weight is 501 g/mol. The Balaban J connectivity index is 1.85. The van der Waals surface area contributed by atoms with Crippen molar-refractivity contribution in [3.05, 3.63) is 89.0 Å². The smallest absolute Gasteiger partial charge is 0.343 e. The summed E-state index contributed by atoms with van der Waals surface area (Å²) in [6.45, 7) is 2.09. The summed E-state index contributed by atoms with van der Waals surface area (Å²) < 4.78 is 11.2. The van der Waals surface area contributed by atoms with Crippen LogP contribution in [0.1, 0.15) is 12.5 Å². The summed E-state index contributed by atoms with van der Waals surface area (Å²) in [5.74, 6) is 1.41. The maximum absolute atomic E-state index is 13.5. The van der Waals surface area contributed by atoms with Gasteiger partial charge in [0.15, 0.2) is 11.5 Å². The summed E-state index contributed by atoms with van der Waals surface area (Å²) >= 11 is 6.42. The minimum absolute atomic E-state index is 0.0165. The molecule has 1 aliphatic heterocycles. The number of amides is 4. The molecule has 0 unspecified atom stereocenters. The maximum Gasteiger partial charge on any atom is 0.343 e. The molecular formula is C28H21ClN2O5. The number of ether oxygens (including phenoxy) is 2. The normalized spacial score (nSPS) is 13.5. The van der Waals surface area contributed by atoms with Crippen molar-refractivity contribution in [2.24, 2.45) is 0 Å². The molecule has 0 radical (unpaired) electrons. The fourth-order valence-electron chi connectivity index (χ4n) is 3.69. The van der Waals surface area contributed by atoms with E-state index < -0.39 is 17.8 Å². The number of hydrogen-bond acceptors (Lipinski definition) is 5. The van der Waals surface area contributed by atoms with Crippen molar-refractivity contribution in [1.82, 2.24) is 0 Å². The first-order valence-electron chi connectivity index (χ1n) is 11.0. The Kier molecular flexibility index (Phi) is 7.38. The fourth-order valence-corrected chi connectivity index (χ4v) is 3.97. The van der Waals surface area contributed by atoms with Crippen molar-refractivity contribution in [1.29, 1.82) is 0 Å². The van der Waals surface area contributed by atoms with Gasteiger partial charge in [-0.1, -0.05) is 53.9 Å². The molecular weight excluding hydrogens is 480 g/mol. The van der Waals surface area contributed by atoms with Gasteiger partial charge in [0, 0.05) is 0 Å². The van der Waals surface area contributed by atoms with Crippen molar-refractivity contribution < 1.29 is 23.9 Å². The number of hydrogen-bond donors (Lipinski definition) is 0. The second-order valence-corrected chi connectivity index (χ2v) is 7.96. The predicted molar refractivity (Wildman–Crippen MR) is 138 cm³/mol. The van der Waals surface area contributed by atoms with Gasteiger partial charge < -0.3 is 9.47 Å². The summed E-state index contributed by atoms with van der Waals surface area (Å²) in [5, 5.41) is 0.190. The van der Waals surface area contributed by atoms with Gasteiger partial charge in [-0.15, -0.1) is 6.42 Å². The van der Waals surface area contributed by atoms with Crippen molar-refractivity contribution in [2.45, 2.75) is 6.92 Å². The number of urea groups is 1. The van der Waals surface area contributed by atoms with Crippen LogP contribution in [0.15, 0.2) is 78.4 Å². The van der Waals surface area contributed by atoms with Crippen LogP contribution in [-0.2, 0) is 9.59 Å². The number of benzene rings is 3. The van der Waals surface area contributed by atoms with Gasteiger partial charge in [0.25, 0.3) is 11.8 Å². The number of halogens is 1. The largest absolute Gasteiger partial charge is 0.490 e. The van der Waals surface area contributed by atoms with E-state index in [9.17, 15) is 14.4 Å². The Hall–Kier alpha value is -4.54. The molecule has 0 saturated carbocycles. The van der Waals surface area contributed by atoms with Gasteiger partial charge in [-0.05, 0) is 55.0 Å². The minimum atomic E-state index is -0.773. The molecule has 3 aromatic carbocycles. The molecule has 1 aliphatic rings. The molecule has 3 aromatic rings. The van der Waals surface area contributed by atoms with Crippen LogP contribution in [0, 0.1) is 12.3 Å². The van der Waals surface area contributed by atoms with Crippen LogP contribution in [0.25, 0.3) is 6.08 Å². The molecule has 0 N–H and O–H groups in total. The molecule has 1 fully saturated rings. The van der Waals surface area contributed by atoms with Crippen LogP contribution in [0.5, 0.6) is 11.5 Å². The summed E-state index contributed by atoms with van der Waals surface area (Å²) in [4.78, 5) is 42.3. The zero-order valence-corrected chi connectivity index (χ0v) is 20.1. The summed E-state index contributed by atoms with van der Waals surface area (Å²) in [7, 11) is 0. The Bertz CT molecular complexity index is 1320. The van der Waals surface area contributed by atoms with Gasteiger partial charge in [-0.2, -0.15) is 0 Å². The average Bonchev–Trinajstić information content (AvgIpc) is 2.88. The van der Waals surface area contributed by atoms with Crippen molar-refractivity contribution in [3.8, 4) is 23.8 Å². The first-order chi connectivity index (χ1) is 17.5. The standard InChI is InChI=1S/C28H21ClN2O5/c1-3-15-36-25-23(29)17-19(18-24(25)35-4-2)16-22-26(32)30(20-11-7-5-8-12-20)28(34)31(27(22)33)21-13-9-6-10-14-21/h1,5-14,16-18H,4,15H2,2H3. The zero-order valence-electron chi connectivity index (χ0n) is 19.3. The minimum Gasteiger partial charge on any atom is -0.490 e. The summed E-state index contributed by atoms with van der Waals surface area (Å²) in [6, 6.07) is 19.1. The molecule has 1 saturated heterocycles. The molecule has 0 bridgehead atoms. The Morgan fingerprint density at radius 2 is 1.44 bits per heavy atom. The Morgan fingerprint density at radius 1 is 0.889 bits per heavy atom. The first kappa shape index (κ1) is 24.6. The van der Waals surface area contributed by atoms with Crippen molar-refractivity contribution in [3.63, 3.8) is 0 Å². The van der Waals surface area contributed by atoms with E-state index in [1.807, 2.05) is 0 Å². The Labute approximate surface area is 213 Å². The number of rotatable bonds is 7. The lowest BCUT2D eigenvalue weighted by Gasteiger charge is -2.34. The van der Waals surface area contributed by atoms with E-state index in [0.717, 1.165) is 9.80 Å². The highest BCUT2D eigenvalue weighted by Crippen LogP contribution is 2.38. The Morgan fingerprint density at radius 3 is 1.94 bits per heavy atom. The molecule has 1 heterocycles.